The second-order valence-electron chi connectivity index (χ2n) is 1.52. The van der Waals surface area contributed by atoms with Crippen molar-refractivity contribution in [2.24, 2.45) is 0 Å². The first-order valence-electron chi connectivity index (χ1n) is 4.05. The summed E-state index contributed by atoms with van der Waals surface area (Å²) >= 11 is 0. The van der Waals surface area contributed by atoms with Crippen molar-refractivity contribution in [2.45, 2.75) is 13.8 Å². The van der Waals surface area contributed by atoms with Gasteiger partial charge in [0.1, 0.15) is 0 Å². The summed E-state index contributed by atoms with van der Waals surface area (Å²) in [7, 11) is 1.62. The van der Waals surface area contributed by atoms with Crippen molar-refractivity contribution >= 4 is 0 Å². The van der Waals surface area contributed by atoms with Gasteiger partial charge in [-0.1, -0.05) is 26.5 Å². The van der Waals surface area contributed by atoms with Gasteiger partial charge in [-0.25, -0.2) is 0 Å². The monoisotopic (exact) mass is 272 g/mol. The second kappa shape index (κ2) is 29.2. The minimum atomic E-state index is 0. The van der Waals surface area contributed by atoms with Gasteiger partial charge in [0.2, 0.25) is 0 Å². The maximum Gasteiger partial charge on any atom is 0.0319 e. The third-order valence-corrected chi connectivity index (χ3v) is 0.771. The molecule has 0 aliphatic carbocycles. The molecule has 0 unspecified atom stereocenters. The quantitative estimate of drug-likeness (QED) is 0.733. The minimum absolute atomic E-state index is 0. The van der Waals surface area contributed by atoms with Crippen molar-refractivity contribution < 1.29 is 37.4 Å². The van der Waals surface area contributed by atoms with Crippen LogP contribution in [0.25, 0.3) is 0 Å². The molecule has 14 heavy (non-hydrogen) atoms. The van der Waals surface area contributed by atoms with Crippen molar-refractivity contribution in [3.8, 4) is 0 Å². The fraction of sp³-hybridized carbons (Fsp3) is 0.364. The summed E-state index contributed by atoms with van der Waals surface area (Å²) in [6.07, 6.45) is 3.50. The molecule has 0 spiro atoms. The Morgan fingerprint density at radius 1 is 1.14 bits per heavy atom. The summed E-state index contributed by atoms with van der Waals surface area (Å²) in [4.78, 5) is 3.78. The summed E-state index contributed by atoms with van der Waals surface area (Å²) in [6, 6.07) is 5.72. The Bertz CT molecular complexity index is 107. The van der Waals surface area contributed by atoms with Crippen molar-refractivity contribution in [3.63, 3.8) is 0 Å². The third kappa shape index (κ3) is 29.5. The molecule has 1 radical (unpaired) electrons. The van der Waals surface area contributed by atoms with Crippen LogP contribution in [0.4, 0.5) is 0 Å². The normalized spacial score (nSPS) is 6.00. The molecule has 1 aromatic heterocycles. The first kappa shape index (κ1) is 23.8. The summed E-state index contributed by atoms with van der Waals surface area (Å²) in [5.41, 5.74) is 0. The van der Waals surface area contributed by atoms with Crippen LogP contribution in [0.3, 0.4) is 0 Å². The summed E-state index contributed by atoms with van der Waals surface area (Å²) in [5.74, 6) is 0. The number of hydrogen-bond acceptors (Lipinski definition) is 2. The van der Waals surface area contributed by atoms with E-state index in [-0.39, 0.29) is 40.1 Å². The average molecular weight is 272 g/mol. The second-order valence-corrected chi connectivity index (χ2v) is 1.52. The molecule has 81 valence electrons. The van der Waals surface area contributed by atoms with Crippen LogP contribution in [0.5, 0.6) is 0 Å². The molecule has 2 nitrogen and oxygen atoms in total. The van der Waals surface area contributed by atoms with E-state index in [1.165, 1.54) is 0 Å². The van der Waals surface area contributed by atoms with E-state index < -0.39 is 0 Å². The fourth-order valence-corrected chi connectivity index (χ4v) is 0.313. The number of rotatable bonds is 1. The van der Waals surface area contributed by atoms with Gasteiger partial charge >= 0.3 is 0 Å². The zero-order valence-electron chi connectivity index (χ0n) is 9.73. The predicted molar refractivity (Wildman–Crippen MR) is 59.2 cm³/mol. The molecule has 0 saturated carbocycles. The van der Waals surface area contributed by atoms with Gasteiger partial charge in [0.25, 0.3) is 0 Å². The third-order valence-electron chi connectivity index (χ3n) is 0.771. The van der Waals surface area contributed by atoms with E-state index in [2.05, 4.69) is 16.6 Å². The van der Waals surface area contributed by atoms with Crippen LogP contribution in [0, 0.1) is 14.4 Å². The molecule has 1 heterocycles. The van der Waals surface area contributed by atoms with E-state index in [4.69, 9.17) is 0 Å². The van der Waals surface area contributed by atoms with Gasteiger partial charge < -0.3 is 19.1 Å². The molecule has 0 fully saturated rings. The Morgan fingerprint density at radius 3 is 1.57 bits per heavy atom. The van der Waals surface area contributed by atoms with Crippen molar-refractivity contribution in [2.75, 3.05) is 13.7 Å². The van der Waals surface area contributed by atoms with Gasteiger partial charge in [0.15, 0.2) is 0 Å². The smallest absolute Gasteiger partial charge is 0.0319 e. The maximum absolute atomic E-state index is 4.43. The van der Waals surface area contributed by atoms with E-state index >= 15 is 0 Å². The number of methoxy groups -OCH3 is 1. The number of nitrogens with zero attached hydrogens (tertiary/aromatic N) is 1. The molecular formula is C11H21NOY-2. The van der Waals surface area contributed by atoms with Crippen LogP contribution >= 0.6 is 0 Å². The first-order valence-corrected chi connectivity index (χ1v) is 4.05. The van der Waals surface area contributed by atoms with Crippen molar-refractivity contribution in [1.29, 1.82) is 0 Å². The van der Waals surface area contributed by atoms with E-state index in [1.54, 1.807) is 19.5 Å². The SMILES string of the molecule is CC.[CH2-]COC.[CH3-].[Y].c1ccncc1. The average Bonchev–Trinajstić information content (AvgIpc) is 2.24. The van der Waals surface area contributed by atoms with Crippen LogP contribution in [0.2, 0.25) is 0 Å². The van der Waals surface area contributed by atoms with Crippen LogP contribution in [0.15, 0.2) is 30.6 Å². The molecule has 0 atom stereocenters. The predicted octanol–water partition coefficient (Wildman–Crippen LogP) is 3.02. The van der Waals surface area contributed by atoms with Crippen LogP contribution in [-0.4, -0.2) is 18.7 Å². The van der Waals surface area contributed by atoms with Gasteiger partial charge in [0.05, 0.1) is 0 Å². The first-order chi connectivity index (χ1) is 5.91. The van der Waals surface area contributed by atoms with Crippen LogP contribution in [0.1, 0.15) is 13.8 Å². The van der Waals surface area contributed by atoms with Crippen molar-refractivity contribution in [3.05, 3.63) is 44.9 Å². The largest absolute Gasteiger partial charge is 0.417 e. The molecule has 0 bridgehead atoms. The molecule has 0 N–H and O–H groups in total. The molecule has 1 aromatic rings. The fourth-order valence-electron chi connectivity index (χ4n) is 0.313. The Hall–Kier alpha value is 0.214. The molecule has 0 aliphatic rings. The Labute approximate surface area is 114 Å². The topological polar surface area (TPSA) is 22.1 Å². The van der Waals surface area contributed by atoms with Gasteiger partial charge in [-0.15, -0.1) is 0 Å². The van der Waals surface area contributed by atoms with Crippen LogP contribution in [-0.2, 0) is 37.4 Å². The summed E-state index contributed by atoms with van der Waals surface area (Å²) < 4.78 is 4.43. The van der Waals surface area contributed by atoms with E-state index in [1.807, 2.05) is 32.0 Å². The summed E-state index contributed by atoms with van der Waals surface area (Å²) in [5, 5.41) is 0. The Morgan fingerprint density at radius 2 is 1.50 bits per heavy atom. The van der Waals surface area contributed by atoms with Gasteiger partial charge in [-0.05, 0) is 12.1 Å². The van der Waals surface area contributed by atoms with E-state index in [9.17, 15) is 0 Å². The number of ether oxygens (including phenoxy) is 1. The Balaban J connectivity index is -0.0000000567. The number of aromatic nitrogens is 1. The standard InChI is InChI=1S/C5H5N.C3H7O.C2H6.CH3.Y/c1-2-4-6-5-3-1;1-3-4-2;1-2;;/h1-5H;1,3H2,2H3;1-2H3;1H3;/q;-1;;-1;. The minimum Gasteiger partial charge on any atom is -0.417 e. The van der Waals surface area contributed by atoms with Gasteiger partial charge in [0, 0.05) is 52.2 Å². The van der Waals surface area contributed by atoms with E-state index in [0.717, 1.165) is 0 Å². The summed E-state index contributed by atoms with van der Waals surface area (Å²) in [6.45, 7) is 7.95. The zero-order valence-corrected chi connectivity index (χ0v) is 12.6. The molecular weight excluding hydrogens is 251 g/mol. The van der Waals surface area contributed by atoms with Gasteiger partial charge in [-0.2, -0.15) is 0 Å². The molecule has 0 amide bonds. The number of pyridine rings is 1. The molecule has 0 aliphatic heterocycles. The molecule has 0 saturated heterocycles. The van der Waals surface area contributed by atoms with Gasteiger partial charge in [-0.3, -0.25) is 4.98 Å². The molecule has 3 heteroatoms. The Kier molecular flexibility index (Phi) is 49.6. The van der Waals surface area contributed by atoms with Crippen LogP contribution < -0.4 is 0 Å². The molecule has 0 aromatic carbocycles. The number of hydrogen-bond donors (Lipinski definition) is 0. The zero-order chi connectivity index (χ0) is 9.66. The van der Waals surface area contributed by atoms with Crippen molar-refractivity contribution in [1.82, 2.24) is 4.98 Å². The van der Waals surface area contributed by atoms with E-state index in [0.29, 0.717) is 6.61 Å². The molecule has 1 rings (SSSR count). The maximum atomic E-state index is 4.43.